The van der Waals surface area contributed by atoms with Crippen LogP contribution >= 0.6 is 11.6 Å². The molecule has 0 bridgehead atoms. The van der Waals surface area contributed by atoms with Crippen molar-refractivity contribution < 1.29 is 19.4 Å². The Morgan fingerprint density at radius 1 is 1.17 bits per heavy atom. The summed E-state index contributed by atoms with van der Waals surface area (Å²) in [5.74, 6) is -1.32. The van der Waals surface area contributed by atoms with Gasteiger partial charge in [-0.3, -0.25) is 4.79 Å². The second kappa shape index (κ2) is 9.48. The van der Waals surface area contributed by atoms with Crippen molar-refractivity contribution in [2.45, 2.75) is 25.7 Å². The van der Waals surface area contributed by atoms with Gasteiger partial charge in [-0.15, -0.1) is 0 Å². The maximum atomic E-state index is 11.4. The van der Waals surface area contributed by atoms with Gasteiger partial charge in [0.05, 0.1) is 12.2 Å². The molecule has 4 nitrogen and oxygen atoms in total. The minimum Gasteiger partial charge on any atom is -0.481 e. The molecule has 0 spiro atoms. The molecule has 0 aromatic carbocycles. The Morgan fingerprint density at radius 3 is 2.39 bits per heavy atom. The van der Waals surface area contributed by atoms with E-state index in [4.69, 9.17) is 21.4 Å². The average Bonchev–Trinajstić information content (AvgIpc) is 2.29. The number of esters is 1. The third-order valence-electron chi connectivity index (χ3n) is 2.00. The molecule has 0 aliphatic heterocycles. The van der Waals surface area contributed by atoms with E-state index in [9.17, 15) is 9.59 Å². The van der Waals surface area contributed by atoms with Gasteiger partial charge >= 0.3 is 11.9 Å². The molecule has 0 saturated carbocycles. The molecule has 0 radical (unpaired) electrons. The summed E-state index contributed by atoms with van der Waals surface area (Å²) in [5, 5.41) is 8.72. The molecule has 5 heteroatoms. The van der Waals surface area contributed by atoms with Crippen molar-refractivity contribution in [3.05, 3.63) is 35.9 Å². The van der Waals surface area contributed by atoms with E-state index in [2.05, 4.69) is 13.2 Å². The molecule has 0 aliphatic rings. The van der Waals surface area contributed by atoms with Crippen LogP contribution in [-0.4, -0.2) is 23.7 Å². The lowest BCUT2D eigenvalue weighted by Gasteiger charge is -2.03. The average molecular weight is 273 g/mol. The summed E-state index contributed by atoms with van der Waals surface area (Å²) in [6, 6.07) is 0. The van der Waals surface area contributed by atoms with Crippen molar-refractivity contribution in [3.63, 3.8) is 0 Å². The van der Waals surface area contributed by atoms with E-state index in [0.717, 1.165) is 0 Å². The third-order valence-corrected chi connectivity index (χ3v) is 2.12. The van der Waals surface area contributed by atoms with Crippen molar-refractivity contribution in [1.82, 2.24) is 0 Å². The summed E-state index contributed by atoms with van der Waals surface area (Å²) in [5.41, 5.74) is 0.197. The van der Waals surface area contributed by atoms with Crippen LogP contribution in [0, 0.1) is 0 Å². The van der Waals surface area contributed by atoms with E-state index in [0.29, 0.717) is 24.3 Å². The fourth-order valence-electron chi connectivity index (χ4n) is 1.07. The van der Waals surface area contributed by atoms with E-state index in [-0.39, 0.29) is 18.6 Å². The summed E-state index contributed by atoms with van der Waals surface area (Å²) < 4.78 is 4.93. The van der Waals surface area contributed by atoms with E-state index in [1.807, 2.05) is 0 Å². The minimum atomic E-state index is -0.813. The molecule has 0 fully saturated rings. The Morgan fingerprint density at radius 2 is 1.83 bits per heavy atom. The molecule has 0 heterocycles. The smallest absolute Gasteiger partial charge is 0.337 e. The number of carboxylic acid groups (broad SMARTS) is 1. The molecule has 0 atom stereocenters. The maximum Gasteiger partial charge on any atom is 0.337 e. The lowest BCUT2D eigenvalue weighted by Crippen LogP contribution is -2.07. The van der Waals surface area contributed by atoms with Crippen molar-refractivity contribution in [1.29, 1.82) is 0 Å². The molecule has 18 heavy (non-hydrogen) atoms. The molecule has 100 valence electrons. The van der Waals surface area contributed by atoms with Crippen LogP contribution in [0.2, 0.25) is 0 Å². The zero-order valence-electron chi connectivity index (χ0n) is 10.2. The Kier molecular flexibility index (Phi) is 8.66. The minimum absolute atomic E-state index is 0.140. The topological polar surface area (TPSA) is 63.6 Å². The Hall–Kier alpha value is -1.55. The lowest BCUT2D eigenvalue weighted by atomic mass is 10.2. The molecule has 0 rings (SSSR count). The Bertz CT molecular complexity index is 358. The highest BCUT2D eigenvalue weighted by molar-refractivity contribution is 6.30. The fraction of sp³-hybridized carbons (Fsp3) is 0.385. The van der Waals surface area contributed by atoms with Crippen molar-refractivity contribution in [2.75, 3.05) is 6.61 Å². The first kappa shape index (κ1) is 16.4. The molecular weight excluding hydrogens is 256 g/mol. The van der Waals surface area contributed by atoms with E-state index in [1.165, 1.54) is 12.2 Å². The number of halogens is 1. The van der Waals surface area contributed by atoms with Crippen LogP contribution in [0.4, 0.5) is 0 Å². The SMILES string of the molecule is C=C(Cl)C=CC(=C)C(=O)OCCCCCC(=O)O. The lowest BCUT2D eigenvalue weighted by molar-refractivity contribution is -0.139. The zero-order valence-corrected chi connectivity index (χ0v) is 10.9. The number of hydrogen-bond donors (Lipinski definition) is 1. The molecule has 0 saturated heterocycles. The highest BCUT2D eigenvalue weighted by Crippen LogP contribution is 2.05. The quantitative estimate of drug-likeness (QED) is 0.303. The number of carbonyl (C=O) groups excluding carboxylic acids is 1. The third kappa shape index (κ3) is 9.66. The fourth-order valence-corrected chi connectivity index (χ4v) is 1.13. The molecule has 0 amide bonds. The van der Waals surface area contributed by atoms with Gasteiger partial charge in [0, 0.05) is 11.5 Å². The van der Waals surface area contributed by atoms with Crippen molar-refractivity contribution in [3.8, 4) is 0 Å². The van der Waals surface area contributed by atoms with Crippen molar-refractivity contribution >= 4 is 23.5 Å². The second-order valence-electron chi connectivity index (χ2n) is 3.65. The van der Waals surface area contributed by atoms with Crippen LogP contribution < -0.4 is 0 Å². The van der Waals surface area contributed by atoms with Crippen LogP contribution in [0.25, 0.3) is 0 Å². The molecule has 0 unspecified atom stereocenters. The van der Waals surface area contributed by atoms with Gasteiger partial charge in [0.1, 0.15) is 0 Å². The van der Waals surface area contributed by atoms with Crippen LogP contribution in [-0.2, 0) is 14.3 Å². The van der Waals surface area contributed by atoms with E-state index >= 15 is 0 Å². The predicted octanol–water partition coefficient (Wildman–Crippen LogP) is 3.04. The van der Waals surface area contributed by atoms with Crippen LogP contribution in [0.3, 0.4) is 0 Å². The zero-order chi connectivity index (χ0) is 14.0. The largest absolute Gasteiger partial charge is 0.481 e. The first-order chi connectivity index (χ1) is 8.43. The number of allylic oxidation sites excluding steroid dienone is 2. The second-order valence-corrected chi connectivity index (χ2v) is 4.13. The van der Waals surface area contributed by atoms with E-state index in [1.54, 1.807) is 0 Å². The molecule has 0 aromatic heterocycles. The van der Waals surface area contributed by atoms with Gasteiger partial charge in [-0.2, -0.15) is 0 Å². The highest BCUT2D eigenvalue weighted by atomic mass is 35.5. The summed E-state index contributed by atoms with van der Waals surface area (Å²) in [4.78, 5) is 21.6. The van der Waals surface area contributed by atoms with Crippen LogP contribution in [0.5, 0.6) is 0 Å². The predicted molar refractivity (Wildman–Crippen MR) is 70.3 cm³/mol. The first-order valence-electron chi connectivity index (χ1n) is 5.53. The number of ether oxygens (including phenoxy) is 1. The number of hydrogen-bond acceptors (Lipinski definition) is 3. The summed E-state index contributed by atoms with van der Waals surface area (Å²) in [6.45, 7) is 7.22. The van der Waals surface area contributed by atoms with Gasteiger partial charge < -0.3 is 9.84 Å². The van der Waals surface area contributed by atoms with Gasteiger partial charge in [-0.05, 0) is 31.4 Å². The normalized spacial score (nSPS) is 10.3. The molecule has 0 aromatic rings. The van der Waals surface area contributed by atoms with Crippen LogP contribution in [0.1, 0.15) is 25.7 Å². The monoisotopic (exact) mass is 272 g/mol. The van der Waals surface area contributed by atoms with Gasteiger partial charge in [0.25, 0.3) is 0 Å². The summed E-state index contributed by atoms with van der Waals surface area (Å²) in [6.07, 6.45) is 4.96. The highest BCUT2D eigenvalue weighted by Gasteiger charge is 2.05. The van der Waals surface area contributed by atoms with Crippen LogP contribution in [0.15, 0.2) is 35.9 Å². The number of aliphatic carboxylic acids is 1. The number of unbranched alkanes of at least 4 members (excludes halogenated alkanes) is 2. The van der Waals surface area contributed by atoms with E-state index < -0.39 is 11.9 Å². The molecular formula is C13H17ClO4. The van der Waals surface area contributed by atoms with Gasteiger partial charge in [-0.1, -0.05) is 24.8 Å². The van der Waals surface area contributed by atoms with Gasteiger partial charge in [0.2, 0.25) is 0 Å². The number of carboxylic acids is 1. The maximum absolute atomic E-state index is 11.4. The number of carbonyl (C=O) groups is 2. The molecule has 0 aliphatic carbocycles. The number of rotatable bonds is 9. The molecule has 1 N–H and O–H groups in total. The summed E-state index contributed by atoms with van der Waals surface area (Å²) >= 11 is 5.49. The summed E-state index contributed by atoms with van der Waals surface area (Å²) in [7, 11) is 0. The van der Waals surface area contributed by atoms with Crippen molar-refractivity contribution in [2.24, 2.45) is 0 Å². The standard InChI is InChI=1S/C13H17ClO4/c1-10(7-8-11(2)14)13(17)18-9-5-3-4-6-12(15)16/h7-8H,1-6,9H2,(H,15,16). The Labute approximate surface area is 112 Å². The Balaban J connectivity index is 3.67. The van der Waals surface area contributed by atoms with Gasteiger partial charge in [-0.25, -0.2) is 4.79 Å². The first-order valence-corrected chi connectivity index (χ1v) is 5.91. The van der Waals surface area contributed by atoms with Gasteiger partial charge in [0.15, 0.2) is 0 Å².